The Labute approximate surface area is 208 Å². The molecule has 0 unspecified atom stereocenters. The highest BCUT2D eigenvalue weighted by Gasteiger charge is 2.37. The number of aromatic nitrogens is 2. The first kappa shape index (κ1) is 24.7. The van der Waals surface area contributed by atoms with E-state index in [0.717, 1.165) is 10.5 Å². The summed E-state index contributed by atoms with van der Waals surface area (Å²) in [5, 5.41) is -0.0807. The Kier molecular flexibility index (Phi) is 7.11. The fraction of sp³-hybridized carbons (Fsp3) is 0.458. The monoisotopic (exact) mass is 501 g/mol. The number of rotatable bonds is 3. The Balaban J connectivity index is 1.42. The van der Waals surface area contributed by atoms with Crippen molar-refractivity contribution in [3.8, 4) is 0 Å². The number of carbonyl (C=O) groups is 3. The topological polar surface area (TPSA) is 105 Å². The zero-order valence-electron chi connectivity index (χ0n) is 20.0. The van der Waals surface area contributed by atoms with Crippen molar-refractivity contribution in [2.24, 2.45) is 0 Å². The molecule has 0 atom stereocenters. The van der Waals surface area contributed by atoms with Crippen molar-refractivity contribution in [1.82, 2.24) is 19.8 Å². The van der Waals surface area contributed by atoms with Crippen LogP contribution < -0.4 is 4.90 Å². The molecule has 1 aromatic heterocycles. The average Bonchev–Trinajstić information content (AvgIpc) is 2.82. The summed E-state index contributed by atoms with van der Waals surface area (Å²) in [5.41, 5.74) is 0.932. The largest absolute Gasteiger partial charge is 0.445 e. The summed E-state index contributed by atoms with van der Waals surface area (Å²) in [4.78, 5) is 51.2. The molecule has 186 valence electrons. The van der Waals surface area contributed by atoms with Crippen LogP contribution in [0.25, 0.3) is 0 Å². The molecule has 0 spiro atoms. The van der Waals surface area contributed by atoms with Crippen molar-refractivity contribution < 1.29 is 23.9 Å². The molecular weight excluding hydrogens is 474 g/mol. The van der Waals surface area contributed by atoms with Crippen LogP contribution in [0.2, 0.25) is 5.28 Å². The van der Waals surface area contributed by atoms with Gasteiger partial charge in [0.05, 0.1) is 0 Å². The second-order valence-electron chi connectivity index (χ2n) is 9.34. The number of fused-ring (bicyclic) bond motifs is 1. The lowest BCUT2D eigenvalue weighted by atomic mass is 10.0. The van der Waals surface area contributed by atoms with E-state index in [1.54, 1.807) is 25.7 Å². The number of imide groups is 1. The SMILES string of the molecule is CC(C)(C)OC(=O)N1CCc2c(nc(Cl)nc2N2CCN(C(=O)OCc3ccccc3)CC2)C1=O. The number of halogens is 1. The molecule has 2 aliphatic heterocycles. The Bertz CT molecular complexity index is 1110. The maximum atomic E-state index is 13.0. The first-order valence-electron chi connectivity index (χ1n) is 11.4. The molecule has 2 aliphatic rings. The molecule has 10 nitrogen and oxygen atoms in total. The van der Waals surface area contributed by atoms with E-state index in [2.05, 4.69) is 9.97 Å². The molecule has 2 aromatic rings. The van der Waals surface area contributed by atoms with Crippen molar-refractivity contribution in [2.45, 2.75) is 39.4 Å². The summed E-state index contributed by atoms with van der Waals surface area (Å²) in [6.07, 6.45) is -0.710. The minimum absolute atomic E-state index is 0.0807. The number of hydrogen-bond acceptors (Lipinski definition) is 8. The molecule has 1 saturated heterocycles. The molecule has 1 fully saturated rings. The molecule has 3 heterocycles. The van der Waals surface area contributed by atoms with Crippen LogP contribution in [0.5, 0.6) is 0 Å². The first-order chi connectivity index (χ1) is 16.6. The quantitative estimate of drug-likeness (QED) is 0.588. The minimum atomic E-state index is -0.728. The smallest absolute Gasteiger partial charge is 0.417 e. The Morgan fingerprint density at radius 1 is 1.00 bits per heavy atom. The van der Waals surface area contributed by atoms with Gasteiger partial charge in [-0.2, -0.15) is 0 Å². The number of amides is 3. The summed E-state index contributed by atoms with van der Waals surface area (Å²) in [7, 11) is 0. The first-order valence-corrected chi connectivity index (χ1v) is 11.8. The summed E-state index contributed by atoms with van der Waals surface area (Å²) in [5.74, 6) is -0.0105. The van der Waals surface area contributed by atoms with Gasteiger partial charge < -0.3 is 19.3 Å². The van der Waals surface area contributed by atoms with Gasteiger partial charge in [-0.05, 0) is 44.4 Å². The van der Waals surface area contributed by atoms with E-state index >= 15 is 0 Å². The van der Waals surface area contributed by atoms with Crippen molar-refractivity contribution >= 4 is 35.5 Å². The van der Waals surface area contributed by atoms with Gasteiger partial charge >= 0.3 is 12.2 Å². The molecule has 11 heteroatoms. The lowest BCUT2D eigenvalue weighted by Gasteiger charge is -2.37. The molecule has 0 bridgehead atoms. The van der Waals surface area contributed by atoms with E-state index in [4.69, 9.17) is 21.1 Å². The zero-order valence-corrected chi connectivity index (χ0v) is 20.7. The summed E-state index contributed by atoms with van der Waals surface area (Å²) < 4.78 is 10.8. The highest BCUT2D eigenvalue weighted by Crippen LogP contribution is 2.29. The number of benzene rings is 1. The molecule has 0 radical (unpaired) electrons. The lowest BCUT2D eigenvalue weighted by molar-refractivity contribution is 0.0231. The Hall–Kier alpha value is -3.40. The summed E-state index contributed by atoms with van der Waals surface area (Å²) >= 11 is 6.16. The maximum Gasteiger partial charge on any atom is 0.417 e. The molecule has 0 N–H and O–H groups in total. The summed E-state index contributed by atoms with van der Waals surface area (Å²) in [6, 6.07) is 9.50. The lowest BCUT2D eigenvalue weighted by Crippen LogP contribution is -2.50. The molecule has 3 amide bonds. The van der Waals surface area contributed by atoms with Gasteiger partial charge in [-0.3, -0.25) is 4.79 Å². The normalized spacial score (nSPS) is 16.1. The molecular formula is C24H28ClN5O5. The van der Waals surface area contributed by atoms with Gasteiger partial charge in [-0.15, -0.1) is 0 Å². The highest BCUT2D eigenvalue weighted by atomic mass is 35.5. The fourth-order valence-electron chi connectivity index (χ4n) is 3.97. The van der Waals surface area contributed by atoms with Crippen LogP contribution in [0, 0.1) is 0 Å². The molecule has 0 aliphatic carbocycles. The third kappa shape index (κ3) is 5.82. The van der Waals surface area contributed by atoms with Gasteiger partial charge in [-0.25, -0.2) is 24.5 Å². The van der Waals surface area contributed by atoms with Gasteiger partial charge in [-0.1, -0.05) is 30.3 Å². The van der Waals surface area contributed by atoms with E-state index in [1.807, 2.05) is 35.2 Å². The van der Waals surface area contributed by atoms with Gasteiger partial charge in [0.15, 0.2) is 0 Å². The van der Waals surface area contributed by atoms with Gasteiger partial charge in [0.1, 0.15) is 23.7 Å². The predicted octanol–water partition coefficient (Wildman–Crippen LogP) is 3.52. The van der Waals surface area contributed by atoms with Crippen LogP contribution in [0.4, 0.5) is 15.4 Å². The number of anilines is 1. The second-order valence-corrected chi connectivity index (χ2v) is 9.68. The van der Waals surface area contributed by atoms with E-state index in [9.17, 15) is 14.4 Å². The third-order valence-corrected chi connectivity index (χ3v) is 5.82. The van der Waals surface area contributed by atoms with Crippen molar-refractivity contribution in [3.05, 3.63) is 52.4 Å². The fourth-order valence-corrected chi connectivity index (χ4v) is 4.13. The Morgan fingerprint density at radius 3 is 2.34 bits per heavy atom. The average molecular weight is 502 g/mol. The third-order valence-electron chi connectivity index (χ3n) is 5.65. The number of carbonyl (C=O) groups excluding carboxylic acids is 3. The van der Waals surface area contributed by atoms with E-state index in [0.29, 0.717) is 44.0 Å². The van der Waals surface area contributed by atoms with E-state index < -0.39 is 17.6 Å². The molecule has 0 saturated carbocycles. The number of ether oxygens (including phenoxy) is 2. The second kappa shape index (κ2) is 10.1. The number of hydrogen-bond donors (Lipinski definition) is 0. The maximum absolute atomic E-state index is 13.0. The van der Waals surface area contributed by atoms with Crippen molar-refractivity contribution in [3.63, 3.8) is 0 Å². The van der Waals surface area contributed by atoms with Crippen LogP contribution in [0.1, 0.15) is 42.4 Å². The van der Waals surface area contributed by atoms with Crippen molar-refractivity contribution in [2.75, 3.05) is 37.6 Å². The van der Waals surface area contributed by atoms with Crippen LogP contribution in [0.3, 0.4) is 0 Å². The molecule has 1 aromatic carbocycles. The van der Waals surface area contributed by atoms with Crippen LogP contribution >= 0.6 is 11.6 Å². The molecule has 4 rings (SSSR count). The predicted molar refractivity (Wildman–Crippen MR) is 128 cm³/mol. The Morgan fingerprint density at radius 2 is 1.69 bits per heavy atom. The van der Waals surface area contributed by atoms with Crippen LogP contribution in [-0.2, 0) is 22.5 Å². The number of nitrogens with zero attached hydrogens (tertiary/aromatic N) is 5. The standard InChI is InChI=1S/C24H28ClN5O5/c1-24(2,3)35-23(33)30-10-9-17-18(20(30)31)26-21(25)27-19(17)28-11-13-29(14-12-28)22(32)34-15-16-7-5-4-6-8-16/h4-8H,9-15H2,1-3H3. The van der Waals surface area contributed by atoms with Crippen LogP contribution in [-0.4, -0.2) is 76.2 Å². The van der Waals surface area contributed by atoms with E-state index in [-0.39, 0.29) is 30.2 Å². The highest BCUT2D eigenvalue weighted by molar-refractivity contribution is 6.28. The van der Waals surface area contributed by atoms with Gasteiger partial charge in [0.2, 0.25) is 5.28 Å². The minimum Gasteiger partial charge on any atom is -0.445 e. The van der Waals surface area contributed by atoms with Gasteiger partial charge in [0.25, 0.3) is 5.91 Å². The summed E-state index contributed by atoms with van der Waals surface area (Å²) in [6.45, 7) is 7.43. The number of piperazine rings is 1. The zero-order chi connectivity index (χ0) is 25.2. The van der Waals surface area contributed by atoms with E-state index in [1.165, 1.54) is 0 Å². The van der Waals surface area contributed by atoms with Gasteiger partial charge in [0, 0.05) is 38.3 Å². The van der Waals surface area contributed by atoms with Crippen LogP contribution in [0.15, 0.2) is 30.3 Å². The van der Waals surface area contributed by atoms with Crippen molar-refractivity contribution in [1.29, 1.82) is 0 Å². The molecule has 35 heavy (non-hydrogen) atoms.